The zero-order chi connectivity index (χ0) is 23.6. The first-order chi connectivity index (χ1) is 16.0. The van der Waals surface area contributed by atoms with Crippen LogP contribution in [0.15, 0.2) is 78.4 Å². The average Bonchev–Trinajstić information content (AvgIpc) is 2.85. The Balaban J connectivity index is 1.64. The van der Waals surface area contributed by atoms with E-state index in [1.54, 1.807) is 0 Å². The van der Waals surface area contributed by atoms with Gasteiger partial charge in [0.25, 0.3) is 0 Å². The Morgan fingerprint density at radius 1 is 1.03 bits per heavy atom. The monoisotopic (exact) mass is 449 g/mol. The molecule has 1 atom stereocenters. The predicted octanol–water partition coefficient (Wildman–Crippen LogP) is 5.06. The zero-order valence-corrected chi connectivity index (χ0v) is 20.1. The van der Waals surface area contributed by atoms with Crippen LogP contribution in [0, 0.1) is 5.82 Å². The normalized spacial score (nSPS) is 16.5. The Morgan fingerprint density at radius 3 is 2.27 bits per heavy atom. The zero-order valence-electron chi connectivity index (χ0n) is 20.1. The van der Waals surface area contributed by atoms with E-state index in [0.29, 0.717) is 19.6 Å². The predicted molar refractivity (Wildman–Crippen MR) is 133 cm³/mol. The molecule has 1 heterocycles. The van der Waals surface area contributed by atoms with Crippen molar-refractivity contribution in [3.8, 4) is 0 Å². The van der Waals surface area contributed by atoms with Gasteiger partial charge in [0.1, 0.15) is 5.82 Å². The number of allylic oxidation sites excluding steroid dienone is 2. The summed E-state index contributed by atoms with van der Waals surface area (Å²) in [7, 11) is 0. The van der Waals surface area contributed by atoms with Gasteiger partial charge in [-0.2, -0.15) is 0 Å². The topological polar surface area (TPSA) is 26.8 Å². The molecule has 2 aromatic rings. The number of halogens is 1. The minimum atomic E-state index is -0.225. The molecule has 0 N–H and O–H groups in total. The third kappa shape index (κ3) is 6.86. The van der Waals surface area contributed by atoms with Gasteiger partial charge in [0.05, 0.1) is 12.6 Å². The lowest BCUT2D eigenvalue weighted by atomic mass is 9.95. The highest BCUT2D eigenvalue weighted by Gasteiger charge is 2.29. The number of benzene rings is 2. The third-order valence-electron chi connectivity index (χ3n) is 6.28. The molecule has 0 saturated carbocycles. The summed E-state index contributed by atoms with van der Waals surface area (Å²) in [6, 6.07) is 17.1. The molecule has 1 aliphatic rings. The van der Waals surface area contributed by atoms with Crippen molar-refractivity contribution in [2.45, 2.75) is 33.4 Å². The summed E-state index contributed by atoms with van der Waals surface area (Å²) in [6.45, 7) is 11.2. The van der Waals surface area contributed by atoms with Crippen LogP contribution < -0.4 is 0 Å². The average molecular weight is 450 g/mol. The van der Waals surface area contributed by atoms with Crippen LogP contribution in [-0.2, 0) is 11.3 Å². The number of piperazine rings is 1. The van der Waals surface area contributed by atoms with Crippen LogP contribution in [0.4, 0.5) is 4.39 Å². The number of carbonyl (C=O) groups is 1. The standard InChI is InChI=1S/C28H36FN3O/c1-4-10-24(5-2)28(25-13-15-26(29)16-14-25)32-19-17-31(18-20-32)27(33)22-30(6-3)21-23-11-8-7-9-12-23/h4-5,7-16,28H,6,17-22H2,1-3H3. The fraction of sp³-hybridized carbons (Fsp3) is 0.393. The first-order valence-corrected chi connectivity index (χ1v) is 11.9. The molecule has 4 nitrogen and oxygen atoms in total. The van der Waals surface area contributed by atoms with E-state index >= 15 is 0 Å². The molecule has 176 valence electrons. The molecule has 1 amide bonds. The van der Waals surface area contributed by atoms with Gasteiger partial charge in [0.2, 0.25) is 5.91 Å². The van der Waals surface area contributed by atoms with E-state index in [4.69, 9.17) is 0 Å². The van der Waals surface area contributed by atoms with Gasteiger partial charge in [0, 0.05) is 32.7 Å². The van der Waals surface area contributed by atoms with Crippen molar-refractivity contribution in [2.24, 2.45) is 0 Å². The summed E-state index contributed by atoms with van der Waals surface area (Å²) in [5.41, 5.74) is 3.48. The van der Waals surface area contributed by atoms with Crippen molar-refractivity contribution < 1.29 is 9.18 Å². The number of hydrogen-bond donors (Lipinski definition) is 0. The van der Waals surface area contributed by atoms with Crippen LogP contribution >= 0.6 is 0 Å². The first kappa shape index (κ1) is 24.9. The first-order valence-electron chi connectivity index (χ1n) is 11.9. The summed E-state index contributed by atoms with van der Waals surface area (Å²) in [5, 5.41) is 0. The van der Waals surface area contributed by atoms with E-state index in [1.165, 1.54) is 23.3 Å². The van der Waals surface area contributed by atoms with Crippen molar-refractivity contribution in [3.05, 3.63) is 95.3 Å². The Bertz CT molecular complexity index is 931. The lowest BCUT2D eigenvalue weighted by Gasteiger charge is -2.40. The fourth-order valence-corrected chi connectivity index (χ4v) is 4.44. The van der Waals surface area contributed by atoms with E-state index in [9.17, 15) is 9.18 Å². The Morgan fingerprint density at radius 2 is 1.70 bits per heavy atom. The Labute approximate surface area is 198 Å². The molecular formula is C28H36FN3O. The minimum Gasteiger partial charge on any atom is -0.339 e. The van der Waals surface area contributed by atoms with E-state index in [0.717, 1.165) is 31.7 Å². The number of carbonyl (C=O) groups excluding carboxylic acids is 1. The van der Waals surface area contributed by atoms with Gasteiger partial charge in [-0.15, -0.1) is 0 Å². The van der Waals surface area contributed by atoms with Crippen molar-refractivity contribution in [1.29, 1.82) is 0 Å². The van der Waals surface area contributed by atoms with Crippen molar-refractivity contribution in [1.82, 2.24) is 14.7 Å². The third-order valence-corrected chi connectivity index (χ3v) is 6.28. The molecule has 5 heteroatoms. The van der Waals surface area contributed by atoms with Crippen LogP contribution in [0.5, 0.6) is 0 Å². The second kappa shape index (κ2) is 12.5. The maximum absolute atomic E-state index is 13.5. The van der Waals surface area contributed by atoms with Crippen molar-refractivity contribution in [3.63, 3.8) is 0 Å². The maximum Gasteiger partial charge on any atom is 0.236 e. The molecule has 2 aromatic carbocycles. The molecule has 0 aromatic heterocycles. The quantitative estimate of drug-likeness (QED) is 0.501. The lowest BCUT2D eigenvalue weighted by Crippen LogP contribution is -2.52. The van der Waals surface area contributed by atoms with Crippen LogP contribution in [0.1, 0.15) is 37.9 Å². The number of amides is 1. The second-order valence-electron chi connectivity index (χ2n) is 8.45. The Kier molecular flexibility index (Phi) is 9.40. The van der Waals surface area contributed by atoms with Crippen LogP contribution in [0.25, 0.3) is 0 Å². The highest BCUT2D eigenvalue weighted by Crippen LogP contribution is 2.30. The molecule has 3 rings (SSSR count). The summed E-state index contributed by atoms with van der Waals surface area (Å²) in [4.78, 5) is 19.6. The van der Waals surface area contributed by atoms with Gasteiger partial charge in [-0.3, -0.25) is 14.6 Å². The Hall–Kier alpha value is -2.76. The van der Waals surface area contributed by atoms with Gasteiger partial charge in [0.15, 0.2) is 0 Å². The fourth-order valence-electron chi connectivity index (χ4n) is 4.44. The van der Waals surface area contributed by atoms with E-state index in [2.05, 4.69) is 41.0 Å². The largest absolute Gasteiger partial charge is 0.339 e. The molecule has 1 saturated heterocycles. The molecule has 0 radical (unpaired) electrons. The van der Waals surface area contributed by atoms with Crippen LogP contribution in [0.3, 0.4) is 0 Å². The number of hydrogen-bond acceptors (Lipinski definition) is 3. The summed E-state index contributed by atoms with van der Waals surface area (Å²) < 4.78 is 13.5. The van der Waals surface area contributed by atoms with Gasteiger partial charge >= 0.3 is 0 Å². The van der Waals surface area contributed by atoms with Crippen molar-refractivity contribution in [2.75, 3.05) is 39.3 Å². The van der Waals surface area contributed by atoms with Gasteiger partial charge in [-0.25, -0.2) is 4.39 Å². The molecule has 0 bridgehead atoms. The molecule has 1 fully saturated rings. The SMILES string of the molecule is CC=CC(=CC)C(c1ccc(F)cc1)N1CCN(C(=O)CN(CC)Cc2ccccc2)CC1. The minimum absolute atomic E-state index is 0.0503. The second-order valence-corrected chi connectivity index (χ2v) is 8.45. The molecule has 1 aliphatic heterocycles. The summed E-state index contributed by atoms with van der Waals surface area (Å²) >= 11 is 0. The summed E-state index contributed by atoms with van der Waals surface area (Å²) in [5.74, 6) is -0.0394. The highest BCUT2D eigenvalue weighted by molar-refractivity contribution is 5.78. The van der Waals surface area contributed by atoms with Gasteiger partial charge < -0.3 is 4.90 Å². The molecule has 1 unspecified atom stereocenters. The van der Waals surface area contributed by atoms with E-state index in [1.807, 2.05) is 55.2 Å². The molecule has 0 aliphatic carbocycles. The number of rotatable bonds is 9. The smallest absolute Gasteiger partial charge is 0.236 e. The van der Waals surface area contributed by atoms with E-state index < -0.39 is 0 Å². The van der Waals surface area contributed by atoms with Gasteiger partial charge in [-0.1, -0.05) is 67.6 Å². The lowest BCUT2D eigenvalue weighted by molar-refractivity contribution is -0.134. The molecule has 33 heavy (non-hydrogen) atoms. The van der Waals surface area contributed by atoms with Gasteiger partial charge in [-0.05, 0) is 49.2 Å². The number of likely N-dealkylation sites (N-methyl/N-ethyl adjacent to an activating group) is 1. The molecule has 0 spiro atoms. The van der Waals surface area contributed by atoms with Crippen LogP contribution in [-0.4, -0.2) is 59.9 Å². The maximum atomic E-state index is 13.5. The molecular weight excluding hydrogens is 413 g/mol. The highest BCUT2D eigenvalue weighted by atomic mass is 19.1. The number of nitrogens with zero attached hydrogens (tertiary/aromatic N) is 3. The van der Waals surface area contributed by atoms with E-state index in [-0.39, 0.29) is 17.8 Å². The summed E-state index contributed by atoms with van der Waals surface area (Å²) in [6.07, 6.45) is 6.28. The van der Waals surface area contributed by atoms with Crippen molar-refractivity contribution >= 4 is 5.91 Å². The van der Waals surface area contributed by atoms with Crippen LogP contribution in [0.2, 0.25) is 0 Å².